The summed E-state index contributed by atoms with van der Waals surface area (Å²) < 4.78 is 5.23. The van der Waals surface area contributed by atoms with Gasteiger partial charge in [-0.25, -0.2) is 4.98 Å². The molecule has 0 aromatic carbocycles. The van der Waals surface area contributed by atoms with Crippen molar-refractivity contribution in [3.63, 3.8) is 0 Å². The summed E-state index contributed by atoms with van der Waals surface area (Å²) in [6.45, 7) is 3.96. The Morgan fingerprint density at radius 3 is 2.89 bits per heavy atom. The Bertz CT molecular complexity index is 362. The first-order valence-corrected chi connectivity index (χ1v) is 6.67. The zero-order valence-corrected chi connectivity index (χ0v) is 11.4. The van der Waals surface area contributed by atoms with Gasteiger partial charge in [0.05, 0.1) is 0 Å². The third-order valence-corrected chi connectivity index (χ3v) is 3.53. The fourth-order valence-electron chi connectivity index (χ4n) is 2.51. The van der Waals surface area contributed by atoms with Gasteiger partial charge in [-0.05, 0) is 43.5 Å². The predicted octanol–water partition coefficient (Wildman–Crippen LogP) is 1.66. The average Bonchev–Trinajstić information content (AvgIpc) is 2.41. The first-order chi connectivity index (χ1) is 8.83. The van der Waals surface area contributed by atoms with Crippen LogP contribution in [0.2, 0.25) is 0 Å². The van der Waals surface area contributed by atoms with Crippen LogP contribution in [0.4, 0.5) is 5.82 Å². The zero-order valence-electron chi connectivity index (χ0n) is 11.4. The van der Waals surface area contributed by atoms with Crippen LogP contribution in [0.15, 0.2) is 18.3 Å². The summed E-state index contributed by atoms with van der Waals surface area (Å²) >= 11 is 0. The molecule has 0 amide bonds. The molecule has 2 rings (SSSR count). The molecule has 1 aromatic rings. The molecule has 4 nitrogen and oxygen atoms in total. The lowest BCUT2D eigenvalue weighted by Crippen LogP contribution is -2.35. The van der Waals surface area contributed by atoms with Crippen LogP contribution in [-0.4, -0.2) is 38.8 Å². The van der Waals surface area contributed by atoms with E-state index in [0.717, 1.165) is 32.1 Å². The van der Waals surface area contributed by atoms with Crippen molar-refractivity contribution in [2.45, 2.75) is 19.4 Å². The molecule has 18 heavy (non-hydrogen) atoms. The van der Waals surface area contributed by atoms with Crippen molar-refractivity contribution in [2.24, 2.45) is 5.92 Å². The van der Waals surface area contributed by atoms with E-state index in [9.17, 15) is 0 Å². The smallest absolute Gasteiger partial charge is 0.128 e. The Hall–Kier alpha value is -1.13. The number of nitrogens with one attached hydrogen (secondary N) is 1. The van der Waals surface area contributed by atoms with Crippen LogP contribution in [0.3, 0.4) is 0 Å². The molecule has 4 heteroatoms. The third-order valence-electron chi connectivity index (χ3n) is 3.53. The molecule has 2 heterocycles. The molecule has 1 N–H and O–H groups in total. The van der Waals surface area contributed by atoms with Gasteiger partial charge in [0.2, 0.25) is 0 Å². The average molecular weight is 249 g/mol. The number of nitrogens with zero attached hydrogens (tertiary/aromatic N) is 2. The zero-order chi connectivity index (χ0) is 12.8. The highest BCUT2D eigenvalue weighted by Crippen LogP contribution is 2.22. The molecule has 1 aliphatic rings. The van der Waals surface area contributed by atoms with E-state index in [4.69, 9.17) is 4.74 Å². The lowest BCUT2D eigenvalue weighted by molar-refractivity contribution is 0.139. The first kappa shape index (κ1) is 13.3. The molecule has 0 radical (unpaired) electrons. The van der Waals surface area contributed by atoms with Gasteiger partial charge in [-0.1, -0.05) is 0 Å². The Kier molecular flexibility index (Phi) is 4.96. The normalized spacial score (nSPS) is 17.1. The van der Waals surface area contributed by atoms with Gasteiger partial charge in [0.15, 0.2) is 0 Å². The van der Waals surface area contributed by atoms with E-state index in [1.165, 1.54) is 18.4 Å². The number of anilines is 1. The second-order valence-electron chi connectivity index (χ2n) is 4.94. The largest absolute Gasteiger partial charge is 0.384 e. The molecule has 1 saturated heterocycles. The number of aromatic nitrogens is 1. The molecule has 0 bridgehead atoms. The maximum Gasteiger partial charge on any atom is 0.128 e. The fraction of sp³-hybridized carbons (Fsp3) is 0.643. The minimum atomic E-state index is 0.715. The van der Waals surface area contributed by atoms with E-state index in [2.05, 4.69) is 27.3 Å². The molecule has 0 spiro atoms. The van der Waals surface area contributed by atoms with Gasteiger partial charge in [0.25, 0.3) is 0 Å². The highest BCUT2D eigenvalue weighted by atomic mass is 16.5. The number of pyridine rings is 1. The van der Waals surface area contributed by atoms with Gasteiger partial charge in [-0.3, -0.25) is 0 Å². The number of hydrogen-bond donors (Lipinski definition) is 1. The number of piperidine rings is 1. The molecule has 1 aromatic heterocycles. The molecule has 0 aliphatic carbocycles. The summed E-state index contributed by atoms with van der Waals surface area (Å²) in [5.41, 5.74) is 1.29. The minimum Gasteiger partial charge on any atom is -0.384 e. The van der Waals surface area contributed by atoms with Crippen LogP contribution < -0.4 is 10.2 Å². The Labute approximate surface area is 109 Å². The van der Waals surface area contributed by atoms with Crippen LogP contribution in [0.5, 0.6) is 0 Å². The molecule has 0 atom stereocenters. The fourth-order valence-corrected chi connectivity index (χ4v) is 2.51. The summed E-state index contributed by atoms with van der Waals surface area (Å²) in [5.74, 6) is 1.82. The van der Waals surface area contributed by atoms with Crippen LogP contribution in [0, 0.1) is 5.92 Å². The Balaban J connectivity index is 1.94. The van der Waals surface area contributed by atoms with Crippen molar-refractivity contribution in [1.82, 2.24) is 10.3 Å². The summed E-state index contributed by atoms with van der Waals surface area (Å²) in [4.78, 5) is 6.86. The second kappa shape index (κ2) is 6.71. The summed E-state index contributed by atoms with van der Waals surface area (Å²) in [6, 6.07) is 4.25. The minimum absolute atomic E-state index is 0.715. The first-order valence-electron chi connectivity index (χ1n) is 6.67. The van der Waals surface area contributed by atoms with Gasteiger partial charge < -0.3 is 15.0 Å². The topological polar surface area (TPSA) is 37.4 Å². The standard InChI is InChI=1S/C14H23N3O/c1-15-10-13-3-6-16-14(9-13)17-7-4-12(5-8-17)11-18-2/h3,6,9,12,15H,4-5,7-8,10-11H2,1-2H3. The Morgan fingerprint density at radius 1 is 1.44 bits per heavy atom. The SMILES string of the molecule is CNCc1ccnc(N2CCC(COC)CC2)c1. The van der Waals surface area contributed by atoms with Crippen LogP contribution in [0.25, 0.3) is 0 Å². The summed E-state index contributed by atoms with van der Waals surface area (Å²) in [6.07, 6.45) is 4.31. The lowest BCUT2D eigenvalue weighted by atomic mass is 9.98. The molecule has 0 saturated carbocycles. The van der Waals surface area contributed by atoms with Crippen LogP contribution in [-0.2, 0) is 11.3 Å². The van der Waals surface area contributed by atoms with E-state index in [1.807, 2.05) is 13.2 Å². The number of ether oxygens (including phenoxy) is 1. The summed E-state index contributed by atoms with van der Waals surface area (Å²) in [5, 5.41) is 3.18. The van der Waals surface area contributed by atoms with Crippen LogP contribution >= 0.6 is 0 Å². The second-order valence-corrected chi connectivity index (χ2v) is 4.94. The quantitative estimate of drug-likeness (QED) is 0.861. The number of hydrogen-bond acceptors (Lipinski definition) is 4. The monoisotopic (exact) mass is 249 g/mol. The van der Waals surface area contributed by atoms with E-state index in [0.29, 0.717) is 5.92 Å². The van der Waals surface area contributed by atoms with Crippen molar-refractivity contribution in [2.75, 3.05) is 38.8 Å². The lowest BCUT2D eigenvalue weighted by Gasteiger charge is -2.32. The van der Waals surface area contributed by atoms with E-state index < -0.39 is 0 Å². The molecular weight excluding hydrogens is 226 g/mol. The van der Waals surface area contributed by atoms with E-state index in [1.54, 1.807) is 7.11 Å². The predicted molar refractivity (Wildman–Crippen MR) is 73.8 cm³/mol. The highest BCUT2D eigenvalue weighted by molar-refractivity contribution is 5.41. The van der Waals surface area contributed by atoms with Crippen molar-refractivity contribution >= 4 is 5.82 Å². The molecular formula is C14H23N3O. The molecule has 1 fully saturated rings. The Morgan fingerprint density at radius 2 is 2.22 bits per heavy atom. The van der Waals surface area contributed by atoms with Crippen molar-refractivity contribution in [1.29, 1.82) is 0 Å². The van der Waals surface area contributed by atoms with Crippen molar-refractivity contribution in [3.8, 4) is 0 Å². The summed E-state index contributed by atoms with van der Waals surface area (Å²) in [7, 11) is 3.76. The molecule has 100 valence electrons. The van der Waals surface area contributed by atoms with Gasteiger partial charge in [-0.15, -0.1) is 0 Å². The van der Waals surface area contributed by atoms with Crippen LogP contribution in [0.1, 0.15) is 18.4 Å². The third kappa shape index (κ3) is 3.43. The van der Waals surface area contributed by atoms with E-state index in [-0.39, 0.29) is 0 Å². The van der Waals surface area contributed by atoms with Crippen molar-refractivity contribution < 1.29 is 4.74 Å². The molecule has 1 aliphatic heterocycles. The van der Waals surface area contributed by atoms with Gasteiger partial charge in [-0.2, -0.15) is 0 Å². The van der Waals surface area contributed by atoms with Gasteiger partial charge in [0, 0.05) is 39.5 Å². The number of rotatable bonds is 5. The number of methoxy groups -OCH3 is 1. The van der Waals surface area contributed by atoms with E-state index >= 15 is 0 Å². The highest BCUT2D eigenvalue weighted by Gasteiger charge is 2.19. The van der Waals surface area contributed by atoms with Gasteiger partial charge in [0.1, 0.15) is 5.82 Å². The molecule has 0 unspecified atom stereocenters. The van der Waals surface area contributed by atoms with Crippen molar-refractivity contribution in [3.05, 3.63) is 23.9 Å². The van der Waals surface area contributed by atoms with Gasteiger partial charge >= 0.3 is 0 Å². The maximum absolute atomic E-state index is 5.23. The maximum atomic E-state index is 5.23.